The molecule has 0 bridgehead atoms. The number of rotatable bonds is 4. The fourth-order valence-corrected chi connectivity index (χ4v) is 1.62. The van der Waals surface area contributed by atoms with Gasteiger partial charge < -0.3 is 9.47 Å². The van der Waals surface area contributed by atoms with Crippen LogP contribution in [0.15, 0.2) is 22.9 Å². The van der Waals surface area contributed by atoms with E-state index in [9.17, 15) is 9.18 Å². The van der Waals surface area contributed by atoms with Crippen molar-refractivity contribution in [3.05, 3.63) is 44.7 Å². The summed E-state index contributed by atoms with van der Waals surface area (Å²) in [5, 5.41) is 3.20. The second-order valence-electron chi connectivity index (χ2n) is 3.22. The molecule has 0 aliphatic rings. The first-order valence-corrected chi connectivity index (χ1v) is 5.29. The van der Waals surface area contributed by atoms with E-state index in [1.807, 2.05) is 0 Å². The van der Waals surface area contributed by atoms with Gasteiger partial charge >= 0.3 is 5.97 Å². The van der Waals surface area contributed by atoms with Crippen LogP contribution in [0, 0.1) is 5.82 Å². The Morgan fingerprint density at radius 3 is 2.74 bits per heavy atom. The van der Waals surface area contributed by atoms with E-state index in [1.165, 1.54) is 7.11 Å². The van der Waals surface area contributed by atoms with E-state index in [2.05, 4.69) is 14.8 Å². The fraction of sp³-hybridized carbons (Fsp3) is 0.182. The van der Waals surface area contributed by atoms with Gasteiger partial charge in [0.25, 0.3) is 0 Å². The molecule has 100 valence electrons. The summed E-state index contributed by atoms with van der Waals surface area (Å²) in [6.45, 7) is 0. The number of hydrogen-bond acceptors (Lipinski definition) is 4. The van der Waals surface area contributed by atoms with Crippen molar-refractivity contribution in [3.63, 3.8) is 0 Å². The summed E-state index contributed by atoms with van der Waals surface area (Å²) < 4.78 is 22.7. The lowest BCUT2D eigenvalue weighted by molar-refractivity contribution is -0.136. The second kappa shape index (κ2) is 6.63. The molecule has 19 heavy (non-hydrogen) atoms. The monoisotopic (exact) mass is 285 g/mol. The summed E-state index contributed by atoms with van der Waals surface area (Å²) in [5.41, 5.74) is 8.18. The quantitative estimate of drug-likeness (QED) is 0.280. The van der Waals surface area contributed by atoms with Crippen LogP contribution in [0.2, 0.25) is 5.02 Å². The molecule has 0 N–H and O–H groups in total. The van der Waals surface area contributed by atoms with Crippen LogP contribution in [-0.4, -0.2) is 20.2 Å². The molecule has 6 nitrogen and oxygen atoms in total. The summed E-state index contributed by atoms with van der Waals surface area (Å²) in [4.78, 5) is 13.8. The van der Waals surface area contributed by atoms with Gasteiger partial charge in [-0.05, 0) is 23.7 Å². The van der Waals surface area contributed by atoms with Crippen molar-refractivity contribution in [2.75, 3.05) is 14.2 Å². The minimum atomic E-state index is -0.861. The maximum atomic E-state index is 13.3. The smallest absolute Gasteiger partial charge is 0.340 e. The zero-order chi connectivity index (χ0) is 14.4. The normalized spacial score (nSPS) is 10.6. The van der Waals surface area contributed by atoms with Crippen LogP contribution in [0.25, 0.3) is 16.5 Å². The molecular weight excluding hydrogens is 277 g/mol. The number of methoxy groups -OCH3 is 2. The molecule has 0 atom stereocenters. The van der Waals surface area contributed by atoms with E-state index >= 15 is 0 Å². The summed E-state index contributed by atoms with van der Waals surface area (Å²) >= 11 is 5.79. The van der Waals surface area contributed by atoms with Crippen LogP contribution >= 0.6 is 11.6 Å². The molecule has 0 aliphatic heterocycles. The van der Waals surface area contributed by atoms with Gasteiger partial charge in [-0.1, -0.05) is 16.7 Å². The minimum Gasteiger partial charge on any atom is -0.495 e. The number of benzene rings is 1. The lowest BCUT2D eigenvalue weighted by Gasteiger charge is -2.08. The summed E-state index contributed by atoms with van der Waals surface area (Å²) in [7, 11) is 2.46. The standard InChI is InChI=1S/C11H9ClFN3O3/c1-18-10-6(3-7(13)5-8(10)12)4-9(15-16-14)11(17)19-2/h3-5H,1-2H3/b9-4-. The Hall–Kier alpha value is -2.24. The van der Waals surface area contributed by atoms with Crippen molar-refractivity contribution in [2.24, 2.45) is 5.11 Å². The van der Waals surface area contributed by atoms with E-state index in [1.54, 1.807) is 0 Å². The van der Waals surface area contributed by atoms with Gasteiger partial charge in [0.1, 0.15) is 17.3 Å². The maximum Gasteiger partial charge on any atom is 0.340 e. The molecule has 0 unspecified atom stereocenters. The lowest BCUT2D eigenvalue weighted by Crippen LogP contribution is -2.02. The molecule has 0 saturated heterocycles. The Kier molecular flexibility index (Phi) is 5.17. The van der Waals surface area contributed by atoms with Crippen LogP contribution in [0.1, 0.15) is 5.56 Å². The molecule has 0 radical (unpaired) electrons. The fourth-order valence-electron chi connectivity index (χ4n) is 1.33. The molecule has 0 aliphatic carbocycles. The largest absolute Gasteiger partial charge is 0.495 e. The Morgan fingerprint density at radius 2 is 2.21 bits per heavy atom. The van der Waals surface area contributed by atoms with E-state index in [4.69, 9.17) is 21.9 Å². The number of halogens is 2. The van der Waals surface area contributed by atoms with E-state index in [0.29, 0.717) is 0 Å². The zero-order valence-electron chi connectivity index (χ0n) is 10.1. The van der Waals surface area contributed by atoms with Crippen molar-refractivity contribution >= 4 is 23.6 Å². The number of ether oxygens (including phenoxy) is 2. The van der Waals surface area contributed by atoms with Crippen LogP contribution < -0.4 is 4.74 Å². The SMILES string of the molecule is COC(=O)/C(=C/c1cc(F)cc(Cl)c1OC)N=[N+]=[N-]. The van der Waals surface area contributed by atoms with E-state index in [0.717, 1.165) is 25.3 Å². The highest BCUT2D eigenvalue weighted by Crippen LogP contribution is 2.31. The number of azide groups is 1. The number of carbonyl (C=O) groups excluding carboxylic acids is 1. The third-order valence-electron chi connectivity index (χ3n) is 2.08. The first-order valence-electron chi connectivity index (χ1n) is 4.91. The zero-order valence-corrected chi connectivity index (χ0v) is 10.8. The highest BCUT2D eigenvalue weighted by Gasteiger charge is 2.13. The van der Waals surface area contributed by atoms with E-state index in [-0.39, 0.29) is 22.0 Å². The number of hydrogen-bond donors (Lipinski definition) is 0. The van der Waals surface area contributed by atoms with Crippen molar-refractivity contribution in [1.82, 2.24) is 0 Å². The summed E-state index contributed by atoms with van der Waals surface area (Å²) in [6.07, 6.45) is 1.12. The number of nitrogens with zero attached hydrogens (tertiary/aromatic N) is 3. The highest BCUT2D eigenvalue weighted by molar-refractivity contribution is 6.32. The molecule has 8 heteroatoms. The Labute approximate surface area is 113 Å². The van der Waals surface area contributed by atoms with Crippen molar-refractivity contribution < 1.29 is 18.7 Å². The number of esters is 1. The lowest BCUT2D eigenvalue weighted by atomic mass is 10.1. The first kappa shape index (κ1) is 14.8. The molecule has 1 aromatic carbocycles. The van der Waals surface area contributed by atoms with Crippen LogP contribution in [0.4, 0.5) is 4.39 Å². The third-order valence-corrected chi connectivity index (χ3v) is 2.36. The summed E-state index contributed by atoms with van der Waals surface area (Å²) in [5.74, 6) is -1.33. The highest BCUT2D eigenvalue weighted by atomic mass is 35.5. The average Bonchev–Trinajstić information content (AvgIpc) is 2.37. The first-order chi connectivity index (χ1) is 9.03. The number of carbonyl (C=O) groups is 1. The second-order valence-corrected chi connectivity index (χ2v) is 3.63. The van der Waals surface area contributed by atoms with Gasteiger partial charge in [-0.15, -0.1) is 0 Å². The van der Waals surface area contributed by atoms with Gasteiger partial charge in [0.2, 0.25) is 0 Å². The van der Waals surface area contributed by atoms with Crippen molar-refractivity contribution in [1.29, 1.82) is 0 Å². The van der Waals surface area contributed by atoms with Gasteiger partial charge in [-0.3, -0.25) is 0 Å². The molecule has 0 aromatic heterocycles. The van der Waals surface area contributed by atoms with Crippen LogP contribution in [-0.2, 0) is 9.53 Å². The van der Waals surface area contributed by atoms with Gasteiger partial charge in [-0.2, -0.15) is 0 Å². The molecule has 1 rings (SSSR count). The van der Waals surface area contributed by atoms with Gasteiger partial charge in [0.15, 0.2) is 0 Å². The average molecular weight is 286 g/mol. The Morgan fingerprint density at radius 1 is 1.53 bits per heavy atom. The van der Waals surface area contributed by atoms with Gasteiger partial charge in [0.05, 0.1) is 19.2 Å². The van der Waals surface area contributed by atoms with Gasteiger partial charge in [0, 0.05) is 10.5 Å². The Bertz CT molecular complexity index is 583. The van der Waals surface area contributed by atoms with Crippen LogP contribution in [0.3, 0.4) is 0 Å². The van der Waals surface area contributed by atoms with Crippen molar-refractivity contribution in [3.8, 4) is 5.75 Å². The molecule has 0 spiro atoms. The Balaban J connectivity index is 3.42. The predicted molar refractivity (Wildman–Crippen MR) is 67.1 cm³/mol. The van der Waals surface area contributed by atoms with E-state index < -0.39 is 11.8 Å². The predicted octanol–water partition coefficient (Wildman–Crippen LogP) is 3.31. The molecule has 0 heterocycles. The molecule has 0 fully saturated rings. The molecule has 0 saturated carbocycles. The van der Waals surface area contributed by atoms with Gasteiger partial charge in [-0.25, -0.2) is 9.18 Å². The molecule has 1 aromatic rings. The molecular formula is C11H9ClFN3O3. The van der Waals surface area contributed by atoms with Crippen LogP contribution in [0.5, 0.6) is 5.75 Å². The van der Waals surface area contributed by atoms with Crippen molar-refractivity contribution in [2.45, 2.75) is 0 Å². The maximum absolute atomic E-state index is 13.3. The topological polar surface area (TPSA) is 84.3 Å². The third kappa shape index (κ3) is 3.61. The molecule has 0 amide bonds. The summed E-state index contributed by atoms with van der Waals surface area (Å²) in [6, 6.07) is 2.14. The minimum absolute atomic E-state index is 0.0268.